The number of benzene rings is 3. The highest BCUT2D eigenvalue weighted by Crippen LogP contribution is 2.52. The summed E-state index contributed by atoms with van der Waals surface area (Å²) in [5.41, 5.74) is 0.786. The van der Waals surface area contributed by atoms with E-state index < -0.39 is 23.2 Å². The number of halogens is 3. The Morgan fingerprint density at radius 2 is 1.68 bits per heavy atom. The first-order valence-electron chi connectivity index (χ1n) is 12.4. The molecule has 0 bridgehead atoms. The topological polar surface area (TPSA) is 45.6 Å². The van der Waals surface area contributed by atoms with Gasteiger partial charge in [0.25, 0.3) is 0 Å². The summed E-state index contributed by atoms with van der Waals surface area (Å²) in [4.78, 5) is 6.97. The highest BCUT2D eigenvalue weighted by atomic mass is 79.9. The molecule has 0 radical (unpaired) electrons. The lowest BCUT2D eigenvalue weighted by Gasteiger charge is -2.46. The Balaban J connectivity index is 1.82. The van der Waals surface area contributed by atoms with Gasteiger partial charge in [0, 0.05) is 27.4 Å². The van der Waals surface area contributed by atoms with E-state index >= 15 is 0 Å². The van der Waals surface area contributed by atoms with Gasteiger partial charge < -0.3 is 14.7 Å². The molecule has 37 heavy (non-hydrogen) atoms. The Hall–Kier alpha value is -2.87. The van der Waals surface area contributed by atoms with Crippen molar-refractivity contribution in [3.05, 3.63) is 106 Å². The van der Waals surface area contributed by atoms with Crippen LogP contribution in [0.4, 0.5) is 8.78 Å². The van der Waals surface area contributed by atoms with Crippen LogP contribution < -0.4 is 4.74 Å². The molecule has 1 saturated heterocycles. The number of rotatable bonds is 6. The molecule has 1 aromatic heterocycles. The Morgan fingerprint density at radius 1 is 1.00 bits per heavy atom. The van der Waals surface area contributed by atoms with Crippen molar-refractivity contribution in [1.29, 1.82) is 0 Å². The van der Waals surface area contributed by atoms with E-state index in [2.05, 4.69) is 20.8 Å². The molecule has 4 aromatic rings. The van der Waals surface area contributed by atoms with Gasteiger partial charge in [0.1, 0.15) is 17.2 Å². The summed E-state index contributed by atoms with van der Waals surface area (Å²) in [5.74, 6) is -2.04. The normalized spacial score (nSPS) is 17.5. The molecule has 1 aliphatic heterocycles. The van der Waals surface area contributed by atoms with Gasteiger partial charge in [0.2, 0.25) is 5.88 Å². The number of methoxy groups -OCH3 is 1. The van der Waals surface area contributed by atoms with Crippen LogP contribution in [0.1, 0.15) is 35.4 Å². The molecule has 3 aromatic carbocycles. The van der Waals surface area contributed by atoms with E-state index in [1.165, 1.54) is 12.1 Å². The van der Waals surface area contributed by atoms with Gasteiger partial charge in [0.15, 0.2) is 0 Å². The molecule has 5 rings (SSSR count). The average Bonchev–Trinajstić information content (AvgIpc) is 2.88. The molecule has 1 N–H and O–H groups in total. The third-order valence-electron chi connectivity index (χ3n) is 7.51. The van der Waals surface area contributed by atoms with Crippen molar-refractivity contribution in [3.8, 4) is 5.88 Å². The van der Waals surface area contributed by atoms with Gasteiger partial charge in [-0.1, -0.05) is 46.3 Å². The van der Waals surface area contributed by atoms with E-state index in [0.717, 1.165) is 40.1 Å². The summed E-state index contributed by atoms with van der Waals surface area (Å²) in [7, 11) is 3.59. The van der Waals surface area contributed by atoms with Crippen LogP contribution in [-0.4, -0.2) is 42.2 Å². The maximum absolute atomic E-state index is 14.7. The van der Waals surface area contributed by atoms with E-state index in [-0.39, 0.29) is 11.5 Å². The van der Waals surface area contributed by atoms with Crippen molar-refractivity contribution in [2.45, 2.75) is 24.4 Å². The Kier molecular flexibility index (Phi) is 7.30. The number of pyridine rings is 1. The zero-order valence-electron chi connectivity index (χ0n) is 20.8. The molecule has 0 spiro atoms. The highest BCUT2D eigenvalue weighted by Gasteiger charge is 2.49. The monoisotopic (exact) mass is 566 g/mol. The minimum absolute atomic E-state index is 0.213. The van der Waals surface area contributed by atoms with Crippen LogP contribution in [0.5, 0.6) is 5.88 Å². The first-order valence-corrected chi connectivity index (χ1v) is 13.2. The maximum atomic E-state index is 14.7. The predicted octanol–water partition coefficient (Wildman–Crippen LogP) is 6.65. The fourth-order valence-corrected chi connectivity index (χ4v) is 6.08. The zero-order chi connectivity index (χ0) is 26.2. The van der Waals surface area contributed by atoms with Gasteiger partial charge >= 0.3 is 0 Å². The molecule has 0 aliphatic carbocycles. The number of aliphatic hydroxyl groups is 1. The van der Waals surface area contributed by atoms with Gasteiger partial charge in [-0.3, -0.25) is 0 Å². The summed E-state index contributed by atoms with van der Waals surface area (Å²) in [6, 6.07) is 20.7. The number of likely N-dealkylation sites (tertiary alicyclic amines) is 1. The van der Waals surface area contributed by atoms with Gasteiger partial charge in [-0.05, 0) is 86.4 Å². The smallest absolute Gasteiger partial charge is 0.217 e. The Labute approximate surface area is 224 Å². The SMILES string of the molecule is COc1nc2ccc(Br)cc2cc1C(c1ccccc1)C(O)(c1cc(F)cc(F)c1)C1CCN(C)CC1. The molecular weight excluding hydrogens is 538 g/mol. The fourth-order valence-electron chi connectivity index (χ4n) is 5.70. The molecule has 2 unspecified atom stereocenters. The van der Waals surface area contributed by atoms with Crippen molar-refractivity contribution in [2.24, 2.45) is 5.92 Å². The molecule has 192 valence electrons. The standard InChI is InChI=1S/C30H29BrF2N2O2/c1-35-12-10-21(11-13-35)30(36,22-16-24(32)18-25(33)17-22)28(19-6-4-3-5-7-19)26-15-20-14-23(31)8-9-27(20)34-29(26)37-2/h3-9,14-18,21,28,36H,10-13H2,1-2H3. The summed E-state index contributed by atoms with van der Waals surface area (Å²) in [6.45, 7) is 1.54. The highest BCUT2D eigenvalue weighted by molar-refractivity contribution is 9.10. The molecule has 0 amide bonds. The lowest BCUT2D eigenvalue weighted by atomic mass is 9.64. The molecule has 2 atom stereocenters. The number of nitrogens with zero attached hydrogens (tertiary/aromatic N) is 2. The van der Waals surface area contributed by atoms with Crippen molar-refractivity contribution < 1.29 is 18.6 Å². The molecule has 0 saturated carbocycles. The summed E-state index contributed by atoms with van der Waals surface area (Å²) in [6.07, 6.45) is 1.34. The Morgan fingerprint density at radius 3 is 2.32 bits per heavy atom. The largest absolute Gasteiger partial charge is 0.481 e. The van der Waals surface area contributed by atoms with Crippen LogP contribution in [-0.2, 0) is 5.60 Å². The number of ether oxygens (including phenoxy) is 1. The van der Waals surface area contributed by atoms with E-state index in [4.69, 9.17) is 9.72 Å². The number of hydrogen-bond donors (Lipinski definition) is 1. The first-order chi connectivity index (χ1) is 17.8. The number of aromatic nitrogens is 1. The summed E-state index contributed by atoms with van der Waals surface area (Å²) < 4.78 is 36.0. The van der Waals surface area contributed by atoms with E-state index in [1.807, 2.05) is 61.6 Å². The van der Waals surface area contributed by atoms with Crippen LogP contribution in [0.2, 0.25) is 0 Å². The Bertz CT molecular complexity index is 1390. The lowest BCUT2D eigenvalue weighted by molar-refractivity contribution is -0.0607. The minimum Gasteiger partial charge on any atom is -0.481 e. The second-order valence-electron chi connectivity index (χ2n) is 9.83. The van der Waals surface area contributed by atoms with E-state index in [9.17, 15) is 13.9 Å². The van der Waals surface area contributed by atoms with E-state index in [0.29, 0.717) is 24.3 Å². The van der Waals surface area contributed by atoms with Crippen LogP contribution in [0.25, 0.3) is 10.9 Å². The molecule has 1 aliphatic rings. The van der Waals surface area contributed by atoms with Gasteiger partial charge in [-0.2, -0.15) is 0 Å². The van der Waals surface area contributed by atoms with Crippen LogP contribution in [0.15, 0.2) is 77.3 Å². The number of hydrogen-bond acceptors (Lipinski definition) is 4. The fraction of sp³-hybridized carbons (Fsp3) is 0.300. The maximum Gasteiger partial charge on any atom is 0.217 e. The summed E-state index contributed by atoms with van der Waals surface area (Å²) in [5, 5.41) is 13.8. The lowest BCUT2D eigenvalue weighted by Crippen LogP contribution is -2.46. The number of piperidine rings is 1. The first kappa shape index (κ1) is 25.8. The second-order valence-corrected chi connectivity index (χ2v) is 10.7. The molecule has 1 fully saturated rings. The van der Waals surface area contributed by atoms with Crippen molar-refractivity contribution >= 4 is 26.8 Å². The van der Waals surface area contributed by atoms with Crippen LogP contribution in [0.3, 0.4) is 0 Å². The zero-order valence-corrected chi connectivity index (χ0v) is 22.4. The van der Waals surface area contributed by atoms with Crippen molar-refractivity contribution in [3.63, 3.8) is 0 Å². The third-order valence-corrected chi connectivity index (χ3v) is 8.01. The minimum atomic E-state index is -1.64. The predicted molar refractivity (Wildman–Crippen MR) is 145 cm³/mol. The van der Waals surface area contributed by atoms with Crippen LogP contribution in [0, 0.1) is 17.6 Å². The molecule has 2 heterocycles. The van der Waals surface area contributed by atoms with Gasteiger partial charge in [-0.15, -0.1) is 0 Å². The molecular formula is C30H29BrF2N2O2. The molecule has 4 nitrogen and oxygen atoms in total. The second kappa shape index (κ2) is 10.5. The van der Waals surface area contributed by atoms with E-state index in [1.54, 1.807) is 7.11 Å². The van der Waals surface area contributed by atoms with Crippen molar-refractivity contribution in [1.82, 2.24) is 9.88 Å². The average molecular weight is 567 g/mol. The van der Waals surface area contributed by atoms with Gasteiger partial charge in [0.05, 0.1) is 12.6 Å². The molecule has 7 heteroatoms. The third kappa shape index (κ3) is 5.00. The van der Waals surface area contributed by atoms with Gasteiger partial charge in [-0.25, -0.2) is 13.8 Å². The van der Waals surface area contributed by atoms with Crippen LogP contribution >= 0.6 is 15.9 Å². The number of fused-ring (bicyclic) bond motifs is 1. The summed E-state index contributed by atoms with van der Waals surface area (Å²) >= 11 is 3.54. The van der Waals surface area contributed by atoms with Crippen molar-refractivity contribution in [2.75, 3.05) is 27.2 Å². The quantitative estimate of drug-likeness (QED) is 0.284.